The lowest BCUT2D eigenvalue weighted by atomic mass is 9.33. The Morgan fingerprint density at radius 2 is 1.01 bits per heavy atom. The summed E-state index contributed by atoms with van der Waals surface area (Å²) in [5, 5.41) is 5.06. The van der Waals surface area contributed by atoms with Crippen LogP contribution >= 0.6 is 0 Å². The van der Waals surface area contributed by atoms with Gasteiger partial charge < -0.3 is 19.3 Å². The lowest BCUT2D eigenvalue weighted by Crippen LogP contribution is -2.61. The molecule has 0 saturated carbocycles. The zero-order valence-corrected chi connectivity index (χ0v) is 42.0. The molecule has 5 heteroatoms. The van der Waals surface area contributed by atoms with Crippen LogP contribution < -0.4 is 31.1 Å². The Balaban J connectivity index is 1.02. The summed E-state index contributed by atoms with van der Waals surface area (Å²) >= 11 is 0. The number of rotatable bonds is 5. The van der Waals surface area contributed by atoms with E-state index in [-0.39, 0.29) is 17.5 Å². The van der Waals surface area contributed by atoms with E-state index in [4.69, 9.17) is 0 Å². The number of benzene rings is 10. The van der Waals surface area contributed by atoms with Crippen LogP contribution in [0.25, 0.3) is 49.4 Å². The molecule has 1 aromatic heterocycles. The Morgan fingerprint density at radius 3 is 1.72 bits per heavy atom. The van der Waals surface area contributed by atoms with Gasteiger partial charge in [0.15, 0.2) is 0 Å². The van der Waals surface area contributed by atoms with Gasteiger partial charge >= 0.3 is 0 Å². The van der Waals surface area contributed by atoms with Gasteiger partial charge in [0.2, 0.25) is 0 Å². The summed E-state index contributed by atoms with van der Waals surface area (Å²) in [5.74, 6) is 0. The molecular formula is C67H55BN4. The number of hydrogen-bond acceptors (Lipinski definition) is 3. The second kappa shape index (κ2) is 15.4. The Labute approximate surface area is 423 Å². The van der Waals surface area contributed by atoms with Gasteiger partial charge in [0.1, 0.15) is 0 Å². The van der Waals surface area contributed by atoms with Gasteiger partial charge in [-0.3, -0.25) is 0 Å². The molecule has 0 bridgehead atoms. The number of nitrogens with zero attached hydrogens (tertiary/aromatic N) is 4. The predicted octanol–water partition coefficient (Wildman–Crippen LogP) is 16.4. The predicted molar refractivity (Wildman–Crippen MR) is 308 cm³/mol. The van der Waals surface area contributed by atoms with Crippen LogP contribution in [0.2, 0.25) is 0 Å². The second-order valence-electron chi connectivity index (χ2n) is 22.3. The molecule has 72 heavy (non-hydrogen) atoms. The molecular weight excluding hydrogens is 872 g/mol. The van der Waals surface area contributed by atoms with E-state index < -0.39 is 0 Å². The molecule has 10 aromatic carbocycles. The molecule has 0 N–H and O–H groups in total. The van der Waals surface area contributed by atoms with Crippen LogP contribution in [-0.4, -0.2) is 11.3 Å². The van der Waals surface area contributed by atoms with Gasteiger partial charge in [-0.1, -0.05) is 169 Å². The van der Waals surface area contributed by atoms with Crippen molar-refractivity contribution in [2.75, 3.05) is 14.7 Å². The highest BCUT2D eigenvalue weighted by molar-refractivity contribution is 7.00. The Hall–Kier alpha value is -8.28. The maximum Gasteiger partial charge on any atom is 0.252 e. The lowest BCUT2D eigenvalue weighted by Gasteiger charge is -2.46. The molecule has 0 radical (unpaired) electrons. The van der Waals surface area contributed by atoms with Gasteiger partial charge in [-0.15, -0.1) is 0 Å². The van der Waals surface area contributed by atoms with Crippen molar-refractivity contribution in [3.63, 3.8) is 0 Å². The summed E-state index contributed by atoms with van der Waals surface area (Å²) in [7, 11) is 0. The summed E-state index contributed by atoms with van der Waals surface area (Å²) in [6, 6.07) is 78.1. The molecule has 0 fully saturated rings. The summed E-state index contributed by atoms with van der Waals surface area (Å²) in [6.45, 7) is 16.0. The molecule has 11 aromatic rings. The Morgan fingerprint density at radius 1 is 0.431 bits per heavy atom. The van der Waals surface area contributed by atoms with Crippen molar-refractivity contribution in [3.8, 4) is 16.8 Å². The number of aryl methyl sites for hydroxylation is 1. The minimum Gasteiger partial charge on any atom is -0.311 e. The first-order chi connectivity index (χ1) is 34.9. The fraction of sp³-hybridized carbons (Fsp3) is 0.134. The minimum atomic E-state index is -0.0229. The first-order valence-corrected chi connectivity index (χ1v) is 25.5. The fourth-order valence-electron chi connectivity index (χ4n) is 12.4. The quantitative estimate of drug-likeness (QED) is 0.160. The first kappa shape index (κ1) is 42.6. The molecule has 0 atom stereocenters. The number of anilines is 9. The van der Waals surface area contributed by atoms with E-state index in [1.165, 1.54) is 111 Å². The van der Waals surface area contributed by atoms with Crippen molar-refractivity contribution in [1.82, 2.24) is 4.57 Å². The minimum absolute atomic E-state index is 0.0229. The third kappa shape index (κ3) is 6.26. The van der Waals surface area contributed by atoms with Gasteiger partial charge in [-0.25, -0.2) is 0 Å². The average molecular weight is 927 g/mol. The lowest BCUT2D eigenvalue weighted by molar-refractivity contribution is 0.590. The molecule has 4 nitrogen and oxygen atoms in total. The summed E-state index contributed by atoms with van der Waals surface area (Å²) in [5.41, 5.74) is 24.6. The maximum atomic E-state index is 2.60. The molecule has 3 aliphatic rings. The third-order valence-electron chi connectivity index (χ3n) is 15.8. The van der Waals surface area contributed by atoms with Crippen LogP contribution in [0.4, 0.5) is 51.2 Å². The van der Waals surface area contributed by atoms with Crippen LogP contribution in [0.5, 0.6) is 0 Å². The second-order valence-corrected chi connectivity index (χ2v) is 22.3. The van der Waals surface area contributed by atoms with Crippen LogP contribution in [0.1, 0.15) is 58.2 Å². The zero-order valence-electron chi connectivity index (χ0n) is 42.0. The molecule has 14 rings (SSSR count). The van der Waals surface area contributed by atoms with Crippen LogP contribution in [0.3, 0.4) is 0 Å². The Kier molecular flexibility index (Phi) is 9.09. The number of para-hydroxylation sites is 3. The van der Waals surface area contributed by atoms with E-state index >= 15 is 0 Å². The number of aromatic nitrogens is 1. The third-order valence-corrected chi connectivity index (χ3v) is 15.8. The topological polar surface area (TPSA) is 14.7 Å². The van der Waals surface area contributed by atoms with Crippen molar-refractivity contribution < 1.29 is 0 Å². The zero-order chi connectivity index (χ0) is 48.8. The van der Waals surface area contributed by atoms with Gasteiger partial charge in [0.05, 0.1) is 28.1 Å². The number of fused-ring (bicyclic) bond motifs is 10. The van der Waals surface area contributed by atoms with Crippen LogP contribution in [-0.2, 0) is 10.8 Å². The van der Waals surface area contributed by atoms with E-state index in [1.807, 2.05) is 0 Å². The fourth-order valence-corrected chi connectivity index (χ4v) is 12.4. The van der Waals surface area contributed by atoms with Crippen molar-refractivity contribution in [2.45, 2.75) is 59.3 Å². The van der Waals surface area contributed by atoms with E-state index in [2.05, 4.69) is 274 Å². The van der Waals surface area contributed by atoms with E-state index in [9.17, 15) is 0 Å². The summed E-state index contributed by atoms with van der Waals surface area (Å²) in [6.07, 6.45) is 0. The molecule has 346 valence electrons. The Bertz CT molecular complexity index is 3960. The smallest absolute Gasteiger partial charge is 0.252 e. The highest BCUT2D eigenvalue weighted by Gasteiger charge is 2.46. The molecule has 0 spiro atoms. The van der Waals surface area contributed by atoms with Crippen molar-refractivity contribution in [1.29, 1.82) is 0 Å². The molecule has 0 aliphatic carbocycles. The van der Waals surface area contributed by atoms with Gasteiger partial charge in [-0.05, 0) is 152 Å². The van der Waals surface area contributed by atoms with Crippen LogP contribution in [0, 0.1) is 6.92 Å². The average Bonchev–Trinajstić information content (AvgIpc) is 3.73. The van der Waals surface area contributed by atoms with E-state index in [0.717, 1.165) is 22.7 Å². The molecule has 0 saturated heterocycles. The van der Waals surface area contributed by atoms with E-state index in [0.29, 0.717) is 0 Å². The molecule has 4 heterocycles. The van der Waals surface area contributed by atoms with Crippen molar-refractivity contribution in [2.24, 2.45) is 0 Å². The van der Waals surface area contributed by atoms with Crippen molar-refractivity contribution >= 4 is 107 Å². The highest BCUT2D eigenvalue weighted by atomic mass is 15.2. The van der Waals surface area contributed by atoms with Gasteiger partial charge in [0, 0.05) is 50.6 Å². The van der Waals surface area contributed by atoms with Crippen molar-refractivity contribution in [3.05, 3.63) is 223 Å². The standard InChI is InChI=1S/C67H55BN4/c1-42-39-61-63-62(40-42)72-58-23-13-20-54-53-18-10-11-22-57(53)71(64(54)58)59-24-14-21-56(65(59)72)68(63)55-38-37-50(69(47-33-27-45(28-34-47)66(2,3)4)48-35-29-46(30-36-48)67(5,6)7)41-60(55)70(61)49-31-25-44(26-32-49)52-19-12-16-43-15-8-9-17-51(43)52/h8-41H,1-7H3. The van der Waals surface area contributed by atoms with Crippen LogP contribution in [0.15, 0.2) is 206 Å². The molecule has 3 aliphatic heterocycles. The molecule has 0 amide bonds. The van der Waals surface area contributed by atoms with Gasteiger partial charge in [0.25, 0.3) is 6.71 Å². The monoisotopic (exact) mass is 926 g/mol. The SMILES string of the molecule is Cc1cc2c3c(c1)N1c4c(cccc4-n4c5ccccc5c5cccc1c54)B3c1ccc(N(c3ccc(C(C)(C)C)cc3)c3ccc(C(C)(C)C)cc3)cc1N2c1ccc(-c2cccc3ccccc23)cc1. The molecule has 0 unspecified atom stereocenters. The largest absolute Gasteiger partial charge is 0.311 e. The maximum absolute atomic E-state index is 2.60. The summed E-state index contributed by atoms with van der Waals surface area (Å²) < 4.78 is 2.53. The highest BCUT2D eigenvalue weighted by Crippen LogP contribution is 2.53. The first-order valence-electron chi connectivity index (χ1n) is 25.5. The van der Waals surface area contributed by atoms with E-state index in [1.54, 1.807) is 0 Å². The number of hydrogen-bond donors (Lipinski definition) is 0. The van der Waals surface area contributed by atoms with Gasteiger partial charge in [-0.2, -0.15) is 0 Å². The normalized spacial score (nSPS) is 13.4. The summed E-state index contributed by atoms with van der Waals surface area (Å²) in [4.78, 5) is 7.61.